The fraction of sp³-hybridized carbons (Fsp3) is 0.333. The number of rotatable bonds is 7. The van der Waals surface area contributed by atoms with Crippen molar-refractivity contribution in [1.82, 2.24) is 5.32 Å². The predicted molar refractivity (Wildman–Crippen MR) is 88.2 cm³/mol. The lowest BCUT2D eigenvalue weighted by Crippen LogP contribution is -2.24. The van der Waals surface area contributed by atoms with Gasteiger partial charge in [0.25, 0.3) is 0 Å². The minimum Gasteiger partial charge on any atom is -0.491 e. The molecule has 0 saturated carbocycles. The van der Waals surface area contributed by atoms with Crippen LogP contribution in [-0.2, 0) is 17.8 Å². The van der Waals surface area contributed by atoms with E-state index < -0.39 is 5.97 Å². The molecule has 0 bridgehead atoms. The molecule has 0 spiro atoms. The van der Waals surface area contributed by atoms with Crippen LogP contribution in [0, 0.1) is 6.92 Å². The van der Waals surface area contributed by atoms with Crippen LogP contribution < -0.4 is 10.1 Å². The monoisotopic (exact) mass is 331 g/mol. The van der Waals surface area contributed by atoms with Gasteiger partial charge in [0.1, 0.15) is 22.8 Å². The van der Waals surface area contributed by atoms with Crippen molar-refractivity contribution in [2.75, 3.05) is 0 Å². The number of benzene rings is 1. The van der Waals surface area contributed by atoms with Crippen LogP contribution in [0.5, 0.6) is 5.75 Å². The average Bonchev–Trinajstić information content (AvgIpc) is 2.86. The van der Waals surface area contributed by atoms with E-state index in [0.29, 0.717) is 11.5 Å². The number of carboxylic acid groups (broad SMARTS) is 1. The second kappa shape index (κ2) is 7.68. The van der Waals surface area contributed by atoms with Crippen LogP contribution in [0.15, 0.2) is 34.7 Å². The van der Waals surface area contributed by atoms with Gasteiger partial charge in [-0.1, -0.05) is 12.1 Å². The molecule has 0 aliphatic carbocycles. The summed E-state index contributed by atoms with van der Waals surface area (Å²) in [5.41, 5.74) is 0.949. The van der Waals surface area contributed by atoms with Crippen molar-refractivity contribution in [3.05, 3.63) is 53.0 Å². The minimum absolute atomic E-state index is 0.0692. The van der Waals surface area contributed by atoms with Gasteiger partial charge in [0.2, 0.25) is 5.91 Å². The second-order valence-corrected chi connectivity index (χ2v) is 5.76. The lowest BCUT2D eigenvalue weighted by molar-refractivity contribution is -0.120. The summed E-state index contributed by atoms with van der Waals surface area (Å²) in [5.74, 6) is 0.238. The summed E-state index contributed by atoms with van der Waals surface area (Å²) >= 11 is 0. The van der Waals surface area contributed by atoms with E-state index in [1.807, 2.05) is 38.1 Å². The Balaban J connectivity index is 1.91. The molecule has 1 aromatic carbocycles. The third-order valence-electron chi connectivity index (χ3n) is 3.29. The zero-order chi connectivity index (χ0) is 17.7. The molecule has 0 aliphatic rings. The second-order valence-electron chi connectivity index (χ2n) is 5.76. The molecule has 0 saturated heterocycles. The number of carbonyl (C=O) groups is 2. The molecule has 0 radical (unpaired) electrons. The quantitative estimate of drug-likeness (QED) is 0.814. The Hall–Kier alpha value is -2.76. The van der Waals surface area contributed by atoms with Crippen LogP contribution >= 0.6 is 0 Å². The molecule has 6 heteroatoms. The number of carboxylic acids is 1. The Morgan fingerprint density at radius 1 is 1.29 bits per heavy atom. The molecule has 1 amide bonds. The molecule has 1 aromatic heterocycles. The fourth-order valence-corrected chi connectivity index (χ4v) is 2.28. The van der Waals surface area contributed by atoms with Crippen LogP contribution in [0.2, 0.25) is 0 Å². The zero-order valence-electron chi connectivity index (χ0n) is 14.0. The molecule has 24 heavy (non-hydrogen) atoms. The van der Waals surface area contributed by atoms with Crippen LogP contribution in [0.25, 0.3) is 0 Å². The van der Waals surface area contributed by atoms with Gasteiger partial charge in [-0.3, -0.25) is 4.79 Å². The van der Waals surface area contributed by atoms with Gasteiger partial charge in [0.05, 0.1) is 19.1 Å². The molecule has 0 unspecified atom stereocenters. The number of aryl methyl sites for hydroxylation is 1. The molecule has 0 fully saturated rings. The van der Waals surface area contributed by atoms with E-state index in [2.05, 4.69) is 5.32 Å². The van der Waals surface area contributed by atoms with E-state index >= 15 is 0 Å². The van der Waals surface area contributed by atoms with Crippen molar-refractivity contribution in [3.63, 3.8) is 0 Å². The molecule has 0 atom stereocenters. The van der Waals surface area contributed by atoms with Gasteiger partial charge in [0.15, 0.2) is 0 Å². The van der Waals surface area contributed by atoms with Crippen molar-refractivity contribution in [1.29, 1.82) is 0 Å². The lowest BCUT2D eigenvalue weighted by Gasteiger charge is -2.10. The van der Waals surface area contributed by atoms with E-state index in [-0.39, 0.29) is 30.5 Å². The molecule has 2 aromatic rings. The standard InChI is InChI=1S/C18H21NO5/c1-11(2)23-14-6-4-5-13(7-14)8-17(20)19-10-15-9-16(18(21)22)12(3)24-15/h4-7,9,11H,8,10H2,1-3H3,(H,19,20)(H,21,22). The molecular formula is C18H21NO5. The van der Waals surface area contributed by atoms with Crippen molar-refractivity contribution >= 4 is 11.9 Å². The highest BCUT2D eigenvalue weighted by molar-refractivity contribution is 5.88. The van der Waals surface area contributed by atoms with E-state index in [0.717, 1.165) is 11.3 Å². The molecule has 2 rings (SSSR count). The Bertz CT molecular complexity index is 733. The highest BCUT2D eigenvalue weighted by atomic mass is 16.5. The Morgan fingerprint density at radius 3 is 2.67 bits per heavy atom. The van der Waals surface area contributed by atoms with E-state index in [1.165, 1.54) is 6.07 Å². The van der Waals surface area contributed by atoms with Gasteiger partial charge < -0.3 is 19.6 Å². The number of furan rings is 1. The molecule has 6 nitrogen and oxygen atoms in total. The van der Waals surface area contributed by atoms with Crippen molar-refractivity contribution in [2.24, 2.45) is 0 Å². The van der Waals surface area contributed by atoms with Crippen LogP contribution in [-0.4, -0.2) is 23.1 Å². The highest BCUT2D eigenvalue weighted by Crippen LogP contribution is 2.16. The summed E-state index contributed by atoms with van der Waals surface area (Å²) < 4.78 is 10.9. The van der Waals surface area contributed by atoms with Gasteiger partial charge in [0, 0.05) is 0 Å². The lowest BCUT2D eigenvalue weighted by atomic mass is 10.1. The maximum Gasteiger partial charge on any atom is 0.339 e. The molecule has 128 valence electrons. The third kappa shape index (κ3) is 4.87. The fourth-order valence-electron chi connectivity index (χ4n) is 2.28. The summed E-state index contributed by atoms with van der Waals surface area (Å²) in [5, 5.41) is 11.7. The molecule has 2 N–H and O–H groups in total. The van der Waals surface area contributed by atoms with Crippen molar-refractivity contribution in [2.45, 2.75) is 39.8 Å². The summed E-state index contributed by atoms with van der Waals surface area (Å²) in [4.78, 5) is 23.0. The summed E-state index contributed by atoms with van der Waals surface area (Å²) in [7, 11) is 0. The maximum absolute atomic E-state index is 12.0. The van der Waals surface area contributed by atoms with Crippen LogP contribution in [0.4, 0.5) is 0 Å². The average molecular weight is 331 g/mol. The molecule has 0 aliphatic heterocycles. The number of aromatic carboxylic acids is 1. The molecule has 1 heterocycles. The smallest absolute Gasteiger partial charge is 0.339 e. The van der Waals surface area contributed by atoms with Crippen molar-refractivity contribution in [3.8, 4) is 5.75 Å². The van der Waals surface area contributed by atoms with Gasteiger partial charge in [-0.15, -0.1) is 0 Å². The number of amides is 1. The Morgan fingerprint density at radius 2 is 2.04 bits per heavy atom. The number of hydrogen-bond donors (Lipinski definition) is 2. The minimum atomic E-state index is -1.05. The Kier molecular flexibility index (Phi) is 5.63. The summed E-state index contributed by atoms with van der Waals surface area (Å²) in [6, 6.07) is 8.80. The maximum atomic E-state index is 12.0. The number of hydrogen-bond acceptors (Lipinski definition) is 4. The first kappa shape index (κ1) is 17.6. The third-order valence-corrected chi connectivity index (χ3v) is 3.29. The van der Waals surface area contributed by atoms with Gasteiger partial charge in [-0.2, -0.15) is 0 Å². The topological polar surface area (TPSA) is 88.8 Å². The first-order valence-corrected chi connectivity index (χ1v) is 7.70. The molecular weight excluding hydrogens is 310 g/mol. The van der Waals surface area contributed by atoms with E-state index in [1.54, 1.807) is 6.92 Å². The largest absolute Gasteiger partial charge is 0.491 e. The summed E-state index contributed by atoms with van der Waals surface area (Å²) in [6.45, 7) is 5.61. The van der Waals surface area contributed by atoms with Gasteiger partial charge >= 0.3 is 5.97 Å². The first-order chi connectivity index (χ1) is 11.3. The van der Waals surface area contributed by atoms with Crippen LogP contribution in [0.3, 0.4) is 0 Å². The van der Waals surface area contributed by atoms with Gasteiger partial charge in [-0.25, -0.2) is 4.79 Å². The van der Waals surface area contributed by atoms with Crippen LogP contribution in [0.1, 0.15) is 41.3 Å². The number of ether oxygens (including phenoxy) is 1. The normalized spacial score (nSPS) is 10.7. The zero-order valence-corrected chi connectivity index (χ0v) is 14.0. The van der Waals surface area contributed by atoms with E-state index in [9.17, 15) is 9.59 Å². The Labute approximate surface area is 140 Å². The summed E-state index contributed by atoms with van der Waals surface area (Å²) in [6.07, 6.45) is 0.278. The number of carbonyl (C=O) groups excluding carboxylic acids is 1. The highest BCUT2D eigenvalue weighted by Gasteiger charge is 2.14. The first-order valence-electron chi connectivity index (χ1n) is 7.70. The van der Waals surface area contributed by atoms with E-state index in [4.69, 9.17) is 14.3 Å². The number of nitrogens with one attached hydrogen (secondary N) is 1. The SMILES string of the molecule is Cc1oc(CNC(=O)Cc2cccc(OC(C)C)c2)cc1C(=O)O. The van der Waals surface area contributed by atoms with Crippen molar-refractivity contribution < 1.29 is 23.8 Å². The van der Waals surface area contributed by atoms with Gasteiger partial charge in [-0.05, 0) is 44.5 Å². The predicted octanol–water partition coefficient (Wildman–Crippen LogP) is 2.93.